The first-order chi connectivity index (χ1) is 9.81. The molecule has 0 aliphatic carbocycles. The molecule has 0 saturated heterocycles. The molecule has 0 bridgehead atoms. The zero-order valence-electron chi connectivity index (χ0n) is 10.2. The number of benzene rings is 1. The Labute approximate surface area is 138 Å². The van der Waals surface area contributed by atoms with Crippen LogP contribution < -0.4 is 4.72 Å². The van der Waals surface area contributed by atoms with Gasteiger partial charge in [-0.25, -0.2) is 13.1 Å². The zero-order valence-corrected chi connectivity index (χ0v) is 14.2. The Balaban J connectivity index is 2.32. The molecule has 0 unspecified atom stereocenters. The third kappa shape index (κ3) is 3.80. The van der Waals surface area contributed by atoms with Crippen molar-refractivity contribution < 1.29 is 13.3 Å². The first kappa shape index (κ1) is 16.4. The summed E-state index contributed by atoms with van der Waals surface area (Å²) >= 11 is 10.3. The minimum atomic E-state index is -4.01. The van der Waals surface area contributed by atoms with Crippen molar-refractivity contribution in [2.45, 2.75) is 11.4 Å². The number of hydrogen-bond donors (Lipinski definition) is 1. The van der Waals surface area contributed by atoms with E-state index in [4.69, 9.17) is 11.6 Å². The highest BCUT2D eigenvalue weighted by Gasteiger charge is 2.26. The second kappa shape index (κ2) is 6.41. The summed E-state index contributed by atoms with van der Waals surface area (Å²) in [4.78, 5) is 10.5. The Bertz CT molecular complexity index is 791. The number of hydrogen-bond acceptors (Lipinski definition) is 5. The van der Waals surface area contributed by atoms with E-state index < -0.39 is 25.5 Å². The maximum absolute atomic E-state index is 12.2. The van der Waals surface area contributed by atoms with E-state index >= 15 is 0 Å². The maximum Gasteiger partial charge on any atom is 0.290 e. The summed E-state index contributed by atoms with van der Waals surface area (Å²) in [6.07, 6.45) is 0. The summed E-state index contributed by atoms with van der Waals surface area (Å²) < 4.78 is 27.5. The lowest BCUT2D eigenvalue weighted by Crippen LogP contribution is -2.23. The van der Waals surface area contributed by atoms with Crippen LogP contribution in [-0.2, 0) is 16.6 Å². The number of nitro benzene ring substituents is 1. The normalized spacial score (nSPS) is 11.5. The molecule has 21 heavy (non-hydrogen) atoms. The molecule has 0 aliphatic heterocycles. The number of halogens is 2. The lowest BCUT2D eigenvalue weighted by Gasteiger charge is -2.07. The summed E-state index contributed by atoms with van der Waals surface area (Å²) in [5.74, 6) is 0. The summed E-state index contributed by atoms with van der Waals surface area (Å²) in [6.45, 7) is 0.0420. The van der Waals surface area contributed by atoms with Gasteiger partial charge in [0.2, 0.25) is 10.0 Å². The van der Waals surface area contributed by atoms with Crippen LogP contribution in [0.1, 0.15) is 4.88 Å². The molecule has 1 aromatic heterocycles. The van der Waals surface area contributed by atoms with Gasteiger partial charge in [0, 0.05) is 27.0 Å². The molecule has 0 aliphatic rings. The third-order valence-corrected chi connectivity index (χ3v) is 6.13. The van der Waals surface area contributed by atoms with E-state index in [0.29, 0.717) is 0 Å². The van der Waals surface area contributed by atoms with E-state index in [0.717, 1.165) is 21.5 Å². The summed E-state index contributed by atoms with van der Waals surface area (Å²) in [6, 6.07) is 5.21. The second-order valence-electron chi connectivity index (χ2n) is 3.89. The van der Waals surface area contributed by atoms with Crippen molar-refractivity contribution in [1.29, 1.82) is 0 Å². The third-order valence-electron chi connectivity index (χ3n) is 2.52. The molecule has 0 spiro atoms. The van der Waals surface area contributed by atoms with Gasteiger partial charge in [0.15, 0.2) is 4.90 Å². The van der Waals surface area contributed by atoms with E-state index in [2.05, 4.69) is 20.7 Å². The smallest absolute Gasteiger partial charge is 0.258 e. The molecule has 2 rings (SSSR count). The van der Waals surface area contributed by atoms with Gasteiger partial charge in [-0.1, -0.05) is 11.6 Å². The molecule has 0 radical (unpaired) electrons. The average Bonchev–Trinajstić information content (AvgIpc) is 2.81. The molecular formula is C11H8BrClN2O4S2. The molecule has 0 atom stereocenters. The molecule has 0 amide bonds. The summed E-state index contributed by atoms with van der Waals surface area (Å²) in [5, 5.41) is 12.9. The molecular weight excluding hydrogens is 404 g/mol. The Morgan fingerprint density at radius 3 is 2.67 bits per heavy atom. The molecule has 112 valence electrons. The fraction of sp³-hybridized carbons (Fsp3) is 0.0909. The predicted molar refractivity (Wildman–Crippen MR) is 84.2 cm³/mol. The van der Waals surface area contributed by atoms with Crippen molar-refractivity contribution in [2.75, 3.05) is 0 Å². The van der Waals surface area contributed by atoms with Gasteiger partial charge in [0.1, 0.15) is 0 Å². The molecule has 0 saturated carbocycles. The van der Waals surface area contributed by atoms with Gasteiger partial charge in [0.25, 0.3) is 5.69 Å². The van der Waals surface area contributed by atoms with Crippen LogP contribution in [-0.4, -0.2) is 13.3 Å². The van der Waals surface area contributed by atoms with Crippen LogP contribution in [0, 0.1) is 10.1 Å². The van der Waals surface area contributed by atoms with Crippen molar-refractivity contribution in [1.82, 2.24) is 4.72 Å². The quantitative estimate of drug-likeness (QED) is 0.602. The molecule has 2 aromatic rings. The van der Waals surface area contributed by atoms with E-state index in [-0.39, 0.29) is 11.6 Å². The Morgan fingerprint density at radius 1 is 1.38 bits per heavy atom. The fourth-order valence-electron chi connectivity index (χ4n) is 1.55. The topological polar surface area (TPSA) is 89.3 Å². The van der Waals surface area contributed by atoms with Crippen molar-refractivity contribution in [3.63, 3.8) is 0 Å². The molecule has 6 nitrogen and oxygen atoms in total. The molecule has 0 fully saturated rings. The number of nitrogens with zero attached hydrogens (tertiary/aromatic N) is 1. The van der Waals surface area contributed by atoms with Crippen LogP contribution in [0.5, 0.6) is 0 Å². The highest BCUT2D eigenvalue weighted by atomic mass is 79.9. The van der Waals surface area contributed by atoms with Crippen molar-refractivity contribution >= 4 is 54.6 Å². The van der Waals surface area contributed by atoms with Crippen molar-refractivity contribution in [2.24, 2.45) is 0 Å². The van der Waals surface area contributed by atoms with Crippen LogP contribution in [0.4, 0.5) is 5.69 Å². The van der Waals surface area contributed by atoms with Gasteiger partial charge in [-0.05, 0) is 39.5 Å². The first-order valence-electron chi connectivity index (χ1n) is 5.47. The number of sulfonamides is 1. The summed E-state index contributed by atoms with van der Waals surface area (Å²) in [7, 11) is -4.01. The van der Waals surface area contributed by atoms with Crippen LogP contribution >= 0.6 is 38.9 Å². The number of nitro groups is 1. The van der Waals surface area contributed by atoms with Gasteiger partial charge in [-0.2, -0.15) is 0 Å². The maximum atomic E-state index is 12.2. The highest BCUT2D eigenvalue weighted by molar-refractivity contribution is 9.10. The largest absolute Gasteiger partial charge is 0.290 e. The SMILES string of the molecule is O=[N+]([O-])c1cc(Cl)ccc1S(=O)(=O)NCc1sccc1Br. The highest BCUT2D eigenvalue weighted by Crippen LogP contribution is 2.28. The lowest BCUT2D eigenvalue weighted by molar-refractivity contribution is -0.387. The molecule has 10 heteroatoms. The first-order valence-corrected chi connectivity index (χ1v) is 9.00. The lowest BCUT2D eigenvalue weighted by atomic mass is 10.3. The van der Waals surface area contributed by atoms with Gasteiger partial charge >= 0.3 is 0 Å². The van der Waals surface area contributed by atoms with E-state index in [1.807, 2.05) is 0 Å². The van der Waals surface area contributed by atoms with E-state index in [9.17, 15) is 18.5 Å². The Kier molecular flexibility index (Phi) is 4.99. The minimum Gasteiger partial charge on any atom is -0.258 e. The summed E-state index contributed by atoms with van der Waals surface area (Å²) in [5.41, 5.74) is -0.555. The van der Waals surface area contributed by atoms with Crippen molar-refractivity contribution in [3.05, 3.63) is 54.1 Å². The van der Waals surface area contributed by atoms with Crippen molar-refractivity contribution in [3.8, 4) is 0 Å². The number of thiophene rings is 1. The molecule has 1 heterocycles. The van der Waals surface area contributed by atoms with Crippen LogP contribution in [0.2, 0.25) is 5.02 Å². The standard InChI is InChI=1S/C11H8BrClN2O4S2/c12-8-3-4-20-10(8)6-14-21(18,19)11-2-1-7(13)5-9(11)15(16)17/h1-5,14H,6H2. The Morgan fingerprint density at radius 2 is 2.10 bits per heavy atom. The number of rotatable bonds is 5. The minimum absolute atomic E-state index is 0.0420. The fourth-order valence-corrected chi connectivity index (χ4v) is 4.39. The Hall–Kier alpha value is -1.00. The average molecular weight is 412 g/mol. The van der Waals surface area contributed by atoms with Gasteiger partial charge in [-0.15, -0.1) is 11.3 Å². The predicted octanol–water partition coefficient (Wildman–Crippen LogP) is 3.55. The van der Waals surface area contributed by atoms with E-state index in [1.165, 1.54) is 17.4 Å². The van der Waals surface area contributed by atoms with Crippen LogP contribution in [0.15, 0.2) is 39.0 Å². The van der Waals surface area contributed by atoms with Gasteiger partial charge in [0.05, 0.1) is 4.92 Å². The number of nitrogens with one attached hydrogen (secondary N) is 1. The van der Waals surface area contributed by atoms with Crippen LogP contribution in [0.3, 0.4) is 0 Å². The van der Waals surface area contributed by atoms with Crippen LogP contribution in [0.25, 0.3) is 0 Å². The second-order valence-corrected chi connectivity index (χ2v) is 7.91. The van der Waals surface area contributed by atoms with Gasteiger partial charge in [-0.3, -0.25) is 10.1 Å². The molecule has 1 N–H and O–H groups in total. The van der Waals surface area contributed by atoms with Gasteiger partial charge < -0.3 is 0 Å². The molecule has 1 aromatic carbocycles. The zero-order chi connectivity index (χ0) is 15.6. The van der Waals surface area contributed by atoms with E-state index in [1.54, 1.807) is 11.4 Å². The monoisotopic (exact) mass is 410 g/mol.